The molecule has 0 saturated carbocycles. The Hall–Kier alpha value is -1.59. The van der Waals surface area contributed by atoms with Crippen LogP contribution < -0.4 is 0 Å². The van der Waals surface area contributed by atoms with Crippen LogP contribution in [-0.2, 0) is 0 Å². The standard InChI is InChI=1S/C13H14N2.2C2H6/c1-14-13-5-3-4-12(10-13)11-6-8-15(2)9-7-11;2*1-2/h3-6,10H,7-9H2,2H3;2*1-2H3. The summed E-state index contributed by atoms with van der Waals surface area (Å²) in [6, 6.07) is 7.88. The van der Waals surface area contributed by atoms with E-state index in [1.165, 1.54) is 11.1 Å². The zero-order valence-corrected chi connectivity index (χ0v) is 12.9. The molecule has 0 unspecified atom stereocenters. The van der Waals surface area contributed by atoms with Gasteiger partial charge in [-0.25, -0.2) is 4.85 Å². The molecule has 0 aliphatic carbocycles. The highest BCUT2D eigenvalue weighted by atomic mass is 15.1. The lowest BCUT2D eigenvalue weighted by Crippen LogP contribution is -2.23. The van der Waals surface area contributed by atoms with Gasteiger partial charge in [-0.05, 0) is 30.7 Å². The van der Waals surface area contributed by atoms with Gasteiger partial charge in [0, 0.05) is 13.1 Å². The van der Waals surface area contributed by atoms with E-state index in [0.717, 1.165) is 25.2 Å². The van der Waals surface area contributed by atoms with E-state index in [1.807, 2.05) is 45.9 Å². The van der Waals surface area contributed by atoms with Crippen LogP contribution in [0.2, 0.25) is 0 Å². The summed E-state index contributed by atoms with van der Waals surface area (Å²) in [6.45, 7) is 17.1. The third-order valence-corrected chi connectivity index (χ3v) is 2.76. The van der Waals surface area contributed by atoms with Crippen LogP contribution >= 0.6 is 0 Å². The first kappa shape index (κ1) is 17.4. The van der Waals surface area contributed by atoms with Gasteiger partial charge >= 0.3 is 0 Å². The van der Waals surface area contributed by atoms with Crippen LogP contribution in [0.15, 0.2) is 30.3 Å². The Morgan fingerprint density at radius 1 is 1.16 bits per heavy atom. The molecule has 1 aromatic rings. The Balaban J connectivity index is 0.000000741. The van der Waals surface area contributed by atoms with Crippen LogP contribution in [0.5, 0.6) is 0 Å². The van der Waals surface area contributed by atoms with Crippen molar-refractivity contribution in [1.82, 2.24) is 4.90 Å². The second-order valence-corrected chi connectivity index (χ2v) is 3.90. The number of hydrogen-bond donors (Lipinski definition) is 0. The van der Waals surface area contributed by atoms with E-state index in [2.05, 4.69) is 28.9 Å². The first-order valence-corrected chi connectivity index (χ1v) is 7.15. The van der Waals surface area contributed by atoms with Crippen LogP contribution in [0.1, 0.15) is 39.7 Å². The molecule has 1 heterocycles. The van der Waals surface area contributed by atoms with Crippen molar-refractivity contribution in [1.29, 1.82) is 0 Å². The molecule has 0 aromatic heterocycles. The molecule has 2 nitrogen and oxygen atoms in total. The second kappa shape index (κ2) is 10.3. The maximum absolute atomic E-state index is 6.98. The molecule has 104 valence electrons. The number of benzene rings is 1. The predicted molar refractivity (Wildman–Crippen MR) is 85.5 cm³/mol. The fourth-order valence-corrected chi connectivity index (χ4v) is 1.81. The SMILES string of the molecule is CC.CC.[C-]#[N+]c1cccc(C2=CCN(C)CC2)c1. The topological polar surface area (TPSA) is 7.60 Å². The van der Waals surface area contributed by atoms with Gasteiger partial charge in [-0.2, -0.15) is 0 Å². The van der Waals surface area contributed by atoms with Crippen molar-refractivity contribution in [2.45, 2.75) is 34.1 Å². The summed E-state index contributed by atoms with van der Waals surface area (Å²) in [6.07, 6.45) is 3.34. The number of hydrogen-bond acceptors (Lipinski definition) is 1. The molecular weight excluding hydrogens is 232 g/mol. The van der Waals surface area contributed by atoms with Gasteiger partial charge in [0.15, 0.2) is 5.69 Å². The van der Waals surface area contributed by atoms with Crippen LogP contribution in [0, 0.1) is 6.57 Å². The molecule has 2 heteroatoms. The average molecular weight is 258 g/mol. The Morgan fingerprint density at radius 2 is 1.84 bits per heavy atom. The van der Waals surface area contributed by atoms with Crippen LogP contribution in [-0.4, -0.2) is 25.0 Å². The minimum absolute atomic E-state index is 0.729. The monoisotopic (exact) mass is 258 g/mol. The van der Waals surface area contributed by atoms with E-state index in [0.29, 0.717) is 0 Å². The van der Waals surface area contributed by atoms with E-state index in [4.69, 9.17) is 6.57 Å². The first-order valence-electron chi connectivity index (χ1n) is 7.15. The van der Waals surface area contributed by atoms with Gasteiger partial charge < -0.3 is 4.90 Å². The van der Waals surface area contributed by atoms with Gasteiger partial charge in [0.25, 0.3) is 0 Å². The van der Waals surface area contributed by atoms with E-state index < -0.39 is 0 Å². The Kier molecular flexibility index (Phi) is 9.48. The summed E-state index contributed by atoms with van der Waals surface area (Å²) in [5, 5.41) is 0. The zero-order chi connectivity index (χ0) is 14.7. The lowest BCUT2D eigenvalue weighted by molar-refractivity contribution is 0.370. The molecule has 0 radical (unpaired) electrons. The molecule has 0 bridgehead atoms. The minimum atomic E-state index is 0.729. The van der Waals surface area contributed by atoms with Crippen molar-refractivity contribution in [2.75, 3.05) is 20.1 Å². The molecule has 0 atom stereocenters. The highest BCUT2D eigenvalue weighted by Crippen LogP contribution is 2.25. The van der Waals surface area contributed by atoms with Crippen LogP contribution in [0.25, 0.3) is 10.4 Å². The predicted octanol–water partition coefficient (Wildman–Crippen LogP) is 5.01. The Morgan fingerprint density at radius 3 is 2.37 bits per heavy atom. The summed E-state index contributed by atoms with van der Waals surface area (Å²) in [4.78, 5) is 5.75. The van der Waals surface area contributed by atoms with Crippen LogP contribution in [0.4, 0.5) is 5.69 Å². The van der Waals surface area contributed by atoms with Gasteiger partial charge in [-0.3, -0.25) is 0 Å². The second-order valence-electron chi connectivity index (χ2n) is 3.90. The van der Waals surface area contributed by atoms with Crippen LogP contribution in [0.3, 0.4) is 0 Å². The van der Waals surface area contributed by atoms with Crippen molar-refractivity contribution in [3.8, 4) is 0 Å². The summed E-state index contributed by atoms with van der Waals surface area (Å²) in [7, 11) is 2.13. The highest BCUT2D eigenvalue weighted by molar-refractivity contribution is 5.69. The number of likely N-dealkylation sites (N-methyl/N-ethyl adjacent to an activating group) is 1. The molecule has 0 fully saturated rings. The van der Waals surface area contributed by atoms with E-state index in [-0.39, 0.29) is 0 Å². The van der Waals surface area contributed by atoms with Gasteiger partial charge in [0.1, 0.15) is 0 Å². The molecule has 0 spiro atoms. The fraction of sp³-hybridized carbons (Fsp3) is 0.471. The molecular formula is C17H26N2. The largest absolute Gasteiger partial charge is 0.302 e. The zero-order valence-electron chi connectivity index (χ0n) is 12.9. The third kappa shape index (κ3) is 5.72. The summed E-state index contributed by atoms with van der Waals surface area (Å²) in [5.41, 5.74) is 3.31. The normalized spacial score (nSPS) is 14.0. The van der Waals surface area contributed by atoms with Gasteiger partial charge in [-0.1, -0.05) is 52.0 Å². The fourth-order valence-electron chi connectivity index (χ4n) is 1.81. The maximum atomic E-state index is 6.98. The van der Waals surface area contributed by atoms with Crippen molar-refractivity contribution in [3.05, 3.63) is 47.3 Å². The summed E-state index contributed by atoms with van der Waals surface area (Å²) < 4.78 is 0. The molecule has 0 saturated heterocycles. The van der Waals surface area contributed by atoms with Gasteiger partial charge in [-0.15, -0.1) is 0 Å². The van der Waals surface area contributed by atoms with Crippen molar-refractivity contribution >= 4 is 11.3 Å². The molecule has 0 amide bonds. The summed E-state index contributed by atoms with van der Waals surface area (Å²) >= 11 is 0. The van der Waals surface area contributed by atoms with E-state index in [9.17, 15) is 0 Å². The minimum Gasteiger partial charge on any atom is -0.302 e. The highest BCUT2D eigenvalue weighted by Gasteiger charge is 2.09. The molecule has 1 aliphatic rings. The summed E-state index contributed by atoms with van der Waals surface area (Å²) in [5.74, 6) is 0. The van der Waals surface area contributed by atoms with Crippen molar-refractivity contribution < 1.29 is 0 Å². The average Bonchev–Trinajstić information content (AvgIpc) is 2.52. The lowest BCUT2D eigenvalue weighted by atomic mass is 9.99. The maximum Gasteiger partial charge on any atom is 0.187 e. The van der Waals surface area contributed by atoms with Gasteiger partial charge in [0.2, 0.25) is 0 Å². The Bertz CT molecular complexity index is 427. The van der Waals surface area contributed by atoms with Crippen molar-refractivity contribution in [2.24, 2.45) is 0 Å². The number of rotatable bonds is 1. The molecule has 0 N–H and O–H groups in total. The first-order chi connectivity index (χ1) is 9.29. The molecule has 2 rings (SSSR count). The van der Waals surface area contributed by atoms with Gasteiger partial charge in [0.05, 0.1) is 6.57 Å². The number of nitrogens with zero attached hydrogens (tertiary/aromatic N) is 2. The van der Waals surface area contributed by atoms with E-state index in [1.54, 1.807) is 0 Å². The third-order valence-electron chi connectivity index (χ3n) is 2.76. The van der Waals surface area contributed by atoms with E-state index >= 15 is 0 Å². The molecule has 19 heavy (non-hydrogen) atoms. The lowest BCUT2D eigenvalue weighted by Gasteiger charge is -2.22. The smallest absolute Gasteiger partial charge is 0.187 e. The quantitative estimate of drug-likeness (QED) is 0.643. The van der Waals surface area contributed by atoms with Crippen molar-refractivity contribution in [3.63, 3.8) is 0 Å². The molecule has 1 aliphatic heterocycles. The molecule has 1 aromatic carbocycles. The Labute approximate surface area is 118 Å².